The number of piperazine rings is 1. The third-order valence-corrected chi connectivity index (χ3v) is 6.63. The summed E-state index contributed by atoms with van der Waals surface area (Å²) in [5.74, 6) is 0.939. The van der Waals surface area contributed by atoms with Gasteiger partial charge < -0.3 is 25.2 Å². The van der Waals surface area contributed by atoms with Gasteiger partial charge in [0.25, 0.3) is 0 Å². The standard InChI is InChI=1S/C24H34N4O4/c29-22-11-8-18-17-20(9-10-21(18)26-22)32-16-4-7-23(30)27-12-14-28(15-13-27)24(31)25-19-5-2-1-3-6-19/h9-10,17,19H,1-8,11-16H2,(H,25,31)(H,26,29). The van der Waals surface area contributed by atoms with Gasteiger partial charge in [-0.2, -0.15) is 0 Å². The number of urea groups is 1. The van der Waals surface area contributed by atoms with Crippen LogP contribution >= 0.6 is 0 Å². The van der Waals surface area contributed by atoms with Gasteiger partial charge in [-0.3, -0.25) is 9.59 Å². The monoisotopic (exact) mass is 442 g/mol. The summed E-state index contributed by atoms with van der Waals surface area (Å²) >= 11 is 0. The van der Waals surface area contributed by atoms with Gasteiger partial charge in [-0.05, 0) is 49.4 Å². The van der Waals surface area contributed by atoms with E-state index in [0.717, 1.165) is 36.3 Å². The molecule has 2 aliphatic heterocycles. The molecule has 8 nitrogen and oxygen atoms in total. The molecule has 3 aliphatic rings. The highest BCUT2D eigenvalue weighted by atomic mass is 16.5. The molecule has 0 unspecified atom stereocenters. The molecular formula is C24H34N4O4. The number of nitrogens with zero attached hydrogens (tertiary/aromatic N) is 2. The second-order valence-corrected chi connectivity index (χ2v) is 8.97. The molecule has 2 heterocycles. The summed E-state index contributed by atoms with van der Waals surface area (Å²) in [6.07, 6.45) is 8.13. The van der Waals surface area contributed by atoms with Crippen molar-refractivity contribution in [3.05, 3.63) is 23.8 Å². The number of hydrogen-bond donors (Lipinski definition) is 2. The average molecular weight is 443 g/mol. The van der Waals surface area contributed by atoms with Crippen molar-refractivity contribution in [2.45, 2.75) is 63.8 Å². The normalized spacial score (nSPS) is 19.2. The summed E-state index contributed by atoms with van der Waals surface area (Å²) in [5.41, 5.74) is 1.94. The number of aryl methyl sites for hydroxylation is 1. The summed E-state index contributed by atoms with van der Waals surface area (Å²) in [6, 6.07) is 6.02. The van der Waals surface area contributed by atoms with Gasteiger partial charge in [-0.15, -0.1) is 0 Å². The van der Waals surface area contributed by atoms with Gasteiger partial charge in [0.15, 0.2) is 0 Å². The minimum absolute atomic E-state index is 0.0158. The molecule has 1 saturated carbocycles. The lowest BCUT2D eigenvalue weighted by molar-refractivity contribution is -0.132. The van der Waals surface area contributed by atoms with Crippen LogP contribution in [-0.2, 0) is 16.0 Å². The van der Waals surface area contributed by atoms with Crippen molar-refractivity contribution in [2.75, 3.05) is 38.1 Å². The van der Waals surface area contributed by atoms with Gasteiger partial charge in [-0.1, -0.05) is 19.3 Å². The Hall–Kier alpha value is -2.77. The SMILES string of the molecule is O=C1CCc2cc(OCCCC(=O)N3CCN(C(=O)NC4CCCCC4)CC3)ccc2N1. The molecule has 8 heteroatoms. The summed E-state index contributed by atoms with van der Waals surface area (Å²) in [5, 5.41) is 6.02. The molecule has 0 atom stereocenters. The zero-order chi connectivity index (χ0) is 22.3. The Bertz CT molecular complexity index is 829. The summed E-state index contributed by atoms with van der Waals surface area (Å²) in [6.45, 7) is 2.84. The molecule has 0 bridgehead atoms. The highest BCUT2D eigenvalue weighted by molar-refractivity contribution is 5.94. The fourth-order valence-electron chi connectivity index (χ4n) is 4.69. The highest BCUT2D eigenvalue weighted by Crippen LogP contribution is 2.27. The van der Waals surface area contributed by atoms with Gasteiger partial charge in [0.2, 0.25) is 11.8 Å². The molecule has 0 radical (unpaired) electrons. The van der Waals surface area contributed by atoms with E-state index in [0.29, 0.717) is 58.1 Å². The van der Waals surface area contributed by atoms with Crippen molar-refractivity contribution in [1.82, 2.24) is 15.1 Å². The Balaban J connectivity index is 1.13. The van der Waals surface area contributed by atoms with Crippen molar-refractivity contribution in [3.63, 3.8) is 0 Å². The summed E-state index contributed by atoms with van der Waals surface area (Å²) in [7, 11) is 0. The lowest BCUT2D eigenvalue weighted by atomic mass is 9.96. The lowest BCUT2D eigenvalue weighted by Gasteiger charge is -2.36. The quantitative estimate of drug-likeness (QED) is 0.663. The third-order valence-electron chi connectivity index (χ3n) is 6.63. The van der Waals surface area contributed by atoms with E-state index < -0.39 is 0 Å². The van der Waals surface area contributed by atoms with Crippen LogP contribution in [0.15, 0.2) is 18.2 Å². The van der Waals surface area contributed by atoms with E-state index in [9.17, 15) is 14.4 Å². The predicted molar refractivity (Wildman–Crippen MR) is 122 cm³/mol. The number of anilines is 1. The minimum Gasteiger partial charge on any atom is -0.494 e. The highest BCUT2D eigenvalue weighted by Gasteiger charge is 2.25. The van der Waals surface area contributed by atoms with Crippen LogP contribution in [-0.4, -0.2) is 66.5 Å². The molecule has 2 N–H and O–H groups in total. The van der Waals surface area contributed by atoms with Crippen LogP contribution in [0.4, 0.5) is 10.5 Å². The topological polar surface area (TPSA) is 91.0 Å². The molecular weight excluding hydrogens is 408 g/mol. The van der Waals surface area contributed by atoms with Crippen LogP contribution in [0.25, 0.3) is 0 Å². The molecule has 0 spiro atoms. The number of fused-ring (bicyclic) bond motifs is 1. The van der Waals surface area contributed by atoms with E-state index in [1.807, 2.05) is 28.0 Å². The van der Waals surface area contributed by atoms with Crippen LogP contribution in [0.1, 0.15) is 56.9 Å². The largest absolute Gasteiger partial charge is 0.494 e. The fourth-order valence-corrected chi connectivity index (χ4v) is 4.69. The minimum atomic E-state index is 0.0158. The van der Waals surface area contributed by atoms with E-state index in [2.05, 4.69) is 10.6 Å². The summed E-state index contributed by atoms with van der Waals surface area (Å²) in [4.78, 5) is 40.1. The lowest BCUT2D eigenvalue weighted by Crippen LogP contribution is -2.54. The number of carbonyl (C=O) groups is 3. The van der Waals surface area contributed by atoms with Crippen LogP contribution in [0.5, 0.6) is 5.75 Å². The van der Waals surface area contributed by atoms with Gasteiger partial charge in [0.05, 0.1) is 6.61 Å². The van der Waals surface area contributed by atoms with Crippen LogP contribution in [0.2, 0.25) is 0 Å². The molecule has 1 saturated heterocycles. The molecule has 1 aromatic rings. The first kappa shape index (κ1) is 22.4. The maximum absolute atomic E-state index is 12.5. The zero-order valence-corrected chi connectivity index (χ0v) is 18.7. The Morgan fingerprint density at radius 2 is 1.78 bits per heavy atom. The van der Waals surface area contributed by atoms with E-state index in [-0.39, 0.29) is 17.8 Å². The number of ether oxygens (including phenoxy) is 1. The molecule has 2 fully saturated rings. The van der Waals surface area contributed by atoms with E-state index in [1.54, 1.807) is 0 Å². The molecule has 4 rings (SSSR count). The number of carbonyl (C=O) groups excluding carboxylic acids is 3. The van der Waals surface area contributed by atoms with E-state index in [4.69, 9.17) is 4.74 Å². The smallest absolute Gasteiger partial charge is 0.317 e. The van der Waals surface area contributed by atoms with Gasteiger partial charge in [-0.25, -0.2) is 4.79 Å². The Kier molecular flexibility index (Phi) is 7.50. The van der Waals surface area contributed by atoms with Crippen LogP contribution in [0.3, 0.4) is 0 Å². The van der Waals surface area contributed by atoms with Crippen molar-refractivity contribution in [3.8, 4) is 5.75 Å². The van der Waals surface area contributed by atoms with Crippen molar-refractivity contribution in [2.24, 2.45) is 0 Å². The van der Waals surface area contributed by atoms with E-state index in [1.165, 1.54) is 19.3 Å². The van der Waals surface area contributed by atoms with Crippen LogP contribution in [0, 0.1) is 0 Å². The van der Waals surface area contributed by atoms with Gasteiger partial charge in [0.1, 0.15) is 5.75 Å². The average Bonchev–Trinajstić information content (AvgIpc) is 2.82. The van der Waals surface area contributed by atoms with Crippen molar-refractivity contribution in [1.29, 1.82) is 0 Å². The van der Waals surface area contributed by atoms with Gasteiger partial charge >= 0.3 is 6.03 Å². The fraction of sp³-hybridized carbons (Fsp3) is 0.625. The second-order valence-electron chi connectivity index (χ2n) is 8.97. The third kappa shape index (κ3) is 5.93. The first-order valence-electron chi connectivity index (χ1n) is 12.0. The Labute approximate surface area is 189 Å². The Morgan fingerprint density at radius 1 is 1.03 bits per heavy atom. The molecule has 32 heavy (non-hydrogen) atoms. The molecule has 174 valence electrons. The van der Waals surface area contributed by atoms with Gasteiger partial charge in [0, 0.05) is 50.7 Å². The number of nitrogens with one attached hydrogen (secondary N) is 2. The van der Waals surface area contributed by atoms with Crippen molar-refractivity contribution < 1.29 is 19.1 Å². The first-order chi connectivity index (χ1) is 15.6. The van der Waals surface area contributed by atoms with Crippen molar-refractivity contribution >= 4 is 23.5 Å². The number of hydrogen-bond acceptors (Lipinski definition) is 4. The molecule has 0 aromatic heterocycles. The zero-order valence-electron chi connectivity index (χ0n) is 18.7. The maximum atomic E-state index is 12.5. The number of amides is 4. The number of rotatable bonds is 6. The molecule has 1 aromatic carbocycles. The molecule has 4 amide bonds. The first-order valence-corrected chi connectivity index (χ1v) is 12.0. The maximum Gasteiger partial charge on any atom is 0.317 e. The summed E-state index contributed by atoms with van der Waals surface area (Å²) < 4.78 is 5.81. The molecule has 1 aliphatic carbocycles. The predicted octanol–water partition coefficient (Wildman–Crippen LogP) is 2.92. The Morgan fingerprint density at radius 3 is 2.56 bits per heavy atom. The van der Waals surface area contributed by atoms with E-state index >= 15 is 0 Å². The van der Waals surface area contributed by atoms with Crippen LogP contribution < -0.4 is 15.4 Å². The second kappa shape index (κ2) is 10.7. The number of benzene rings is 1.